The van der Waals surface area contributed by atoms with E-state index in [1.165, 1.54) is 6.92 Å². The van der Waals surface area contributed by atoms with E-state index in [4.69, 9.17) is 9.47 Å². The Bertz CT molecular complexity index is 586. The van der Waals surface area contributed by atoms with Crippen LogP contribution in [0.15, 0.2) is 47.2 Å². The molecule has 0 aliphatic rings. The topological polar surface area (TPSA) is 48.4 Å². The van der Waals surface area contributed by atoms with Crippen LogP contribution in [0, 0.1) is 0 Å². The molecule has 0 bridgehead atoms. The normalized spacial score (nSPS) is 10.0. The molecule has 0 amide bonds. The summed E-state index contributed by atoms with van der Waals surface area (Å²) in [4.78, 5) is 14.9. The van der Waals surface area contributed by atoms with Gasteiger partial charge < -0.3 is 9.47 Å². The number of carbonyl (C=O) groups excluding carboxylic acids is 1. The summed E-state index contributed by atoms with van der Waals surface area (Å²) in [5, 5.41) is 0. The van der Waals surface area contributed by atoms with Crippen molar-refractivity contribution in [2.24, 2.45) is 0 Å². The van der Waals surface area contributed by atoms with Crippen LogP contribution in [-0.2, 0) is 16.1 Å². The van der Waals surface area contributed by atoms with Gasteiger partial charge in [0.2, 0.25) is 0 Å². The van der Waals surface area contributed by atoms with Crippen LogP contribution in [0.4, 0.5) is 0 Å². The first-order valence-electron chi connectivity index (χ1n) is 5.65. The van der Waals surface area contributed by atoms with Crippen LogP contribution in [0.2, 0.25) is 0 Å². The van der Waals surface area contributed by atoms with E-state index in [0.29, 0.717) is 11.5 Å². The highest BCUT2D eigenvalue weighted by Gasteiger charge is 2.08. The molecule has 98 valence electrons. The van der Waals surface area contributed by atoms with Crippen molar-refractivity contribution < 1.29 is 14.3 Å². The fourth-order valence-corrected chi connectivity index (χ4v) is 1.76. The van der Waals surface area contributed by atoms with E-state index in [-0.39, 0.29) is 12.6 Å². The van der Waals surface area contributed by atoms with Crippen LogP contribution in [0.3, 0.4) is 0 Å². The van der Waals surface area contributed by atoms with E-state index in [9.17, 15) is 4.79 Å². The lowest BCUT2D eigenvalue weighted by atomic mass is 10.2. The first-order chi connectivity index (χ1) is 9.16. The maximum atomic E-state index is 10.9. The van der Waals surface area contributed by atoms with Gasteiger partial charge in [-0.1, -0.05) is 18.2 Å². The lowest BCUT2D eigenvalue weighted by molar-refractivity contribution is -0.142. The van der Waals surface area contributed by atoms with Gasteiger partial charge in [0.05, 0.1) is 10.7 Å². The minimum absolute atomic E-state index is 0.184. The van der Waals surface area contributed by atoms with Crippen molar-refractivity contribution in [3.63, 3.8) is 0 Å². The number of aromatic nitrogens is 1. The Labute approximate surface area is 119 Å². The van der Waals surface area contributed by atoms with Crippen LogP contribution < -0.4 is 4.74 Å². The first kappa shape index (κ1) is 13.5. The van der Waals surface area contributed by atoms with Gasteiger partial charge in [0.1, 0.15) is 12.4 Å². The molecular formula is C14H12BrNO3. The highest BCUT2D eigenvalue weighted by molar-refractivity contribution is 9.10. The number of pyridine rings is 1. The number of rotatable bonds is 4. The molecule has 19 heavy (non-hydrogen) atoms. The fraction of sp³-hybridized carbons (Fsp3) is 0.143. The van der Waals surface area contributed by atoms with Crippen molar-refractivity contribution in [3.05, 3.63) is 52.8 Å². The third-order valence-electron chi connectivity index (χ3n) is 2.36. The number of hydrogen-bond donors (Lipinski definition) is 0. The molecule has 1 aromatic heterocycles. The number of ether oxygens (including phenoxy) is 2. The Hall–Kier alpha value is -1.88. The van der Waals surface area contributed by atoms with Gasteiger partial charge in [0.15, 0.2) is 5.75 Å². The van der Waals surface area contributed by atoms with Crippen molar-refractivity contribution in [2.75, 3.05) is 0 Å². The zero-order valence-corrected chi connectivity index (χ0v) is 11.9. The largest absolute Gasteiger partial charge is 0.461 e. The Morgan fingerprint density at radius 1 is 1.26 bits per heavy atom. The second-order valence-electron chi connectivity index (χ2n) is 3.80. The monoisotopic (exact) mass is 321 g/mol. The van der Waals surface area contributed by atoms with Crippen LogP contribution >= 0.6 is 15.9 Å². The van der Waals surface area contributed by atoms with E-state index in [1.807, 2.05) is 24.3 Å². The third kappa shape index (κ3) is 3.79. The Morgan fingerprint density at radius 2 is 2.05 bits per heavy atom. The standard InChI is InChI=1S/C14H12BrNO3/c1-10(17)18-9-11-4-2-3-5-13(11)19-14-8-16-7-6-12(14)15/h2-8H,9H2,1H3. The van der Waals surface area contributed by atoms with Crippen LogP contribution in [0.5, 0.6) is 11.5 Å². The lowest BCUT2D eigenvalue weighted by Gasteiger charge is -2.11. The SMILES string of the molecule is CC(=O)OCc1ccccc1Oc1cnccc1Br. The van der Waals surface area contributed by atoms with Crippen molar-refractivity contribution in [2.45, 2.75) is 13.5 Å². The molecular weight excluding hydrogens is 310 g/mol. The second-order valence-corrected chi connectivity index (χ2v) is 4.65. The summed E-state index contributed by atoms with van der Waals surface area (Å²) in [6.07, 6.45) is 3.29. The van der Waals surface area contributed by atoms with Gasteiger partial charge in [0, 0.05) is 18.7 Å². The quantitative estimate of drug-likeness (QED) is 0.805. The summed E-state index contributed by atoms with van der Waals surface area (Å²) in [6.45, 7) is 1.56. The summed E-state index contributed by atoms with van der Waals surface area (Å²) in [7, 11) is 0. The summed E-state index contributed by atoms with van der Waals surface area (Å²) >= 11 is 3.39. The Balaban J connectivity index is 2.20. The van der Waals surface area contributed by atoms with Gasteiger partial charge in [-0.05, 0) is 28.1 Å². The zero-order valence-electron chi connectivity index (χ0n) is 10.3. The van der Waals surface area contributed by atoms with Crippen molar-refractivity contribution in [1.82, 2.24) is 4.98 Å². The molecule has 0 N–H and O–H groups in total. The molecule has 2 rings (SSSR count). The fourth-order valence-electron chi connectivity index (χ4n) is 1.46. The number of esters is 1. The van der Waals surface area contributed by atoms with Crippen LogP contribution in [0.1, 0.15) is 12.5 Å². The average molecular weight is 322 g/mol. The molecule has 0 fully saturated rings. The van der Waals surface area contributed by atoms with Gasteiger partial charge in [-0.3, -0.25) is 9.78 Å². The average Bonchev–Trinajstić information content (AvgIpc) is 2.40. The molecule has 2 aromatic rings. The molecule has 1 heterocycles. The Morgan fingerprint density at radius 3 is 2.79 bits per heavy atom. The van der Waals surface area contributed by atoms with Gasteiger partial charge in [-0.15, -0.1) is 0 Å². The predicted molar refractivity (Wildman–Crippen MR) is 73.9 cm³/mol. The highest BCUT2D eigenvalue weighted by Crippen LogP contribution is 2.30. The smallest absolute Gasteiger partial charge is 0.302 e. The summed E-state index contributed by atoms with van der Waals surface area (Å²) in [5.74, 6) is 0.924. The number of halogens is 1. The molecule has 1 aromatic carbocycles. The molecule has 0 spiro atoms. The Kier molecular flexibility index (Phi) is 4.52. The molecule has 4 nitrogen and oxygen atoms in total. The van der Waals surface area contributed by atoms with Crippen LogP contribution in [0.25, 0.3) is 0 Å². The molecule has 0 atom stereocenters. The van der Waals surface area contributed by atoms with E-state index < -0.39 is 0 Å². The van der Waals surface area contributed by atoms with Gasteiger partial charge in [-0.25, -0.2) is 0 Å². The number of hydrogen-bond acceptors (Lipinski definition) is 4. The minimum atomic E-state index is -0.322. The second kappa shape index (κ2) is 6.33. The number of benzene rings is 1. The first-order valence-corrected chi connectivity index (χ1v) is 6.45. The molecule has 0 aliphatic carbocycles. The molecule has 0 unspecified atom stereocenters. The van der Waals surface area contributed by atoms with E-state index in [2.05, 4.69) is 20.9 Å². The number of nitrogens with zero attached hydrogens (tertiary/aromatic N) is 1. The molecule has 0 aliphatic heterocycles. The van der Waals surface area contributed by atoms with E-state index in [0.717, 1.165) is 10.0 Å². The van der Waals surface area contributed by atoms with E-state index in [1.54, 1.807) is 18.5 Å². The molecule has 0 radical (unpaired) electrons. The summed E-state index contributed by atoms with van der Waals surface area (Å²) in [6, 6.07) is 9.19. The summed E-state index contributed by atoms with van der Waals surface area (Å²) in [5.41, 5.74) is 0.799. The van der Waals surface area contributed by atoms with Crippen LogP contribution in [-0.4, -0.2) is 11.0 Å². The molecule has 0 saturated carbocycles. The molecule has 0 saturated heterocycles. The lowest BCUT2D eigenvalue weighted by Crippen LogP contribution is -2.00. The van der Waals surface area contributed by atoms with E-state index >= 15 is 0 Å². The minimum Gasteiger partial charge on any atom is -0.461 e. The van der Waals surface area contributed by atoms with Gasteiger partial charge in [-0.2, -0.15) is 0 Å². The zero-order chi connectivity index (χ0) is 13.7. The maximum Gasteiger partial charge on any atom is 0.302 e. The predicted octanol–water partition coefficient (Wildman–Crippen LogP) is 3.70. The maximum absolute atomic E-state index is 10.9. The van der Waals surface area contributed by atoms with Gasteiger partial charge in [0.25, 0.3) is 0 Å². The molecule has 5 heteroatoms. The third-order valence-corrected chi connectivity index (χ3v) is 3.01. The van der Waals surface area contributed by atoms with Gasteiger partial charge >= 0.3 is 5.97 Å². The highest BCUT2D eigenvalue weighted by atomic mass is 79.9. The number of carbonyl (C=O) groups is 1. The number of para-hydroxylation sites is 1. The van der Waals surface area contributed by atoms with Crippen molar-refractivity contribution >= 4 is 21.9 Å². The van der Waals surface area contributed by atoms with Crippen molar-refractivity contribution in [1.29, 1.82) is 0 Å². The summed E-state index contributed by atoms with van der Waals surface area (Å²) < 4.78 is 11.6. The van der Waals surface area contributed by atoms with Crippen molar-refractivity contribution in [3.8, 4) is 11.5 Å².